The molecule has 0 saturated heterocycles. The number of aromatic amines is 1. The number of ether oxygens (including phenoxy) is 1. The molecule has 0 unspecified atom stereocenters. The molecule has 0 radical (unpaired) electrons. The fourth-order valence-electron chi connectivity index (χ4n) is 3.95. The van der Waals surface area contributed by atoms with E-state index in [-0.39, 0.29) is 18.3 Å². The molecule has 0 saturated carbocycles. The number of rotatable bonds is 11. The second-order valence-corrected chi connectivity index (χ2v) is 11.1. The van der Waals surface area contributed by atoms with Crippen molar-refractivity contribution in [2.24, 2.45) is 17.6 Å². The van der Waals surface area contributed by atoms with Crippen LogP contribution in [0.3, 0.4) is 0 Å². The summed E-state index contributed by atoms with van der Waals surface area (Å²) in [6.07, 6.45) is 1.59. The number of nitrogens with one attached hydrogen (secondary N) is 4. The van der Waals surface area contributed by atoms with Crippen molar-refractivity contribution in [3.05, 3.63) is 36.0 Å². The molecule has 4 amide bonds. The first-order valence-corrected chi connectivity index (χ1v) is 12.6. The Morgan fingerprint density at radius 2 is 1.59 bits per heavy atom. The highest BCUT2D eigenvalue weighted by Gasteiger charge is 2.32. The van der Waals surface area contributed by atoms with Crippen molar-refractivity contribution in [2.45, 2.75) is 85.0 Å². The van der Waals surface area contributed by atoms with Crippen LogP contribution in [-0.2, 0) is 25.5 Å². The van der Waals surface area contributed by atoms with Crippen LogP contribution in [0, 0.1) is 11.8 Å². The van der Waals surface area contributed by atoms with E-state index < -0.39 is 47.5 Å². The van der Waals surface area contributed by atoms with Gasteiger partial charge in [-0.25, -0.2) is 4.79 Å². The Morgan fingerprint density at radius 3 is 2.16 bits per heavy atom. The topological polar surface area (TPSA) is 155 Å². The van der Waals surface area contributed by atoms with Gasteiger partial charge in [-0.05, 0) is 50.7 Å². The average Bonchev–Trinajstić information content (AvgIpc) is 3.17. The molecule has 10 nitrogen and oxygen atoms in total. The number of nitrogens with two attached hydrogens (primary N) is 1. The molecule has 10 heteroatoms. The van der Waals surface area contributed by atoms with E-state index in [4.69, 9.17) is 10.5 Å². The van der Waals surface area contributed by atoms with Crippen LogP contribution in [-0.4, -0.2) is 52.5 Å². The molecule has 204 valence electrons. The first kappa shape index (κ1) is 29.7. The summed E-state index contributed by atoms with van der Waals surface area (Å²) < 4.78 is 5.37. The Balaban J connectivity index is 2.27. The lowest BCUT2D eigenvalue weighted by molar-refractivity contribution is -0.133. The van der Waals surface area contributed by atoms with Crippen molar-refractivity contribution < 1.29 is 23.9 Å². The molecule has 0 fully saturated rings. The summed E-state index contributed by atoms with van der Waals surface area (Å²) in [6, 6.07) is 4.80. The van der Waals surface area contributed by atoms with Gasteiger partial charge < -0.3 is 31.4 Å². The number of hydrogen-bond acceptors (Lipinski definition) is 5. The monoisotopic (exact) mass is 515 g/mol. The van der Waals surface area contributed by atoms with Crippen molar-refractivity contribution in [2.75, 3.05) is 0 Å². The number of carbonyl (C=O) groups is 4. The summed E-state index contributed by atoms with van der Waals surface area (Å²) in [5.41, 5.74) is 6.44. The van der Waals surface area contributed by atoms with Crippen LogP contribution in [0.5, 0.6) is 0 Å². The normalized spacial score (nSPS) is 14.2. The third-order valence-electron chi connectivity index (χ3n) is 5.72. The van der Waals surface area contributed by atoms with Crippen molar-refractivity contribution in [3.63, 3.8) is 0 Å². The molecule has 3 atom stereocenters. The zero-order valence-corrected chi connectivity index (χ0v) is 22.8. The quantitative estimate of drug-likeness (QED) is 0.311. The highest BCUT2D eigenvalue weighted by atomic mass is 16.6. The van der Waals surface area contributed by atoms with Crippen molar-refractivity contribution in [1.82, 2.24) is 20.9 Å². The van der Waals surface area contributed by atoms with Crippen LogP contribution in [0.15, 0.2) is 30.5 Å². The van der Waals surface area contributed by atoms with Crippen LogP contribution < -0.4 is 21.7 Å². The number of H-pyrrole nitrogens is 1. The maximum atomic E-state index is 13.5. The fourth-order valence-corrected chi connectivity index (χ4v) is 3.95. The number of para-hydroxylation sites is 1. The van der Waals surface area contributed by atoms with E-state index in [1.54, 1.807) is 40.8 Å². The lowest BCUT2D eigenvalue weighted by Gasteiger charge is -2.28. The van der Waals surface area contributed by atoms with E-state index in [1.165, 1.54) is 0 Å². The van der Waals surface area contributed by atoms with Gasteiger partial charge in [-0.3, -0.25) is 14.4 Å². The van der Waals surface area contributed by atoms with Crippen LogP contribution >= 0.6 is 0 Å². The van der Waals surface area contributed by atoms with Crippen LogP contribution in [0.2, 0.25) is 0 Å². The molecule has 1 heterocycles. The smallest absolute Gasteiger partial charge is 0.408 e. The van der Waals surface area contributed by atoms with E-state index in [9.17, 15) is 19.2 Å². The van der Waals surface area contributed by atoms with Gasteiger partial charge in [0.15, 0.2) is 0 Å². The molecular weight excluding hydrogens is 474 g/mol. The van der Waals surface area contributed by atoms with Crippen LogP contribution in [0.4, 0.5) is 4.79 Å². The standard InChI is InChI=1S/C27H41N5O5/c1-15(2)12-20(23(28)33)30-25(35)22(16(3)4)32-24(34)21(31-26(36)37-27(5,6)7)13-17-14-29-19-11-9-8-10-18(17)19/h8-11,14-16,20-22,29H,12-13H2,1-7H3,(H2,28,33)(H,30,35)(H,31,36)(H,32,34)/t20-,21+,22-/m0/s1. The first-order valence-electron chi connectivity index (χ1n) is 12.6. The Morgan fingerprint density at radius 1 is 0.946 bits per heavy atom. The summed E-state index contributed by atoms with van der Waals surface area (Å²) >= 11 is 0. The molecule has 1 aromatic heterocycles. The molecule has 2 aromatic rings. The molecular formula is C27H41N5O5. The van der Waals surface area contributed by atoms with Crippen molar-refractivity contribution in [1.29, 1.82) is 0 Å². The molecule has 6 N–H and O–H groups in total. The van der Waals surface area contributed by atoms with E-state index in [0.29, 0.717) is 6.42 Å². The Hall–Kier alpha value is -3.56. The third kappa shape index (κ3) is 9.11. The summed E-state index contributed by atoms with van der Waals surface area (Å²) in [7, 11) is 0. The van der Waals surface area contributed by atoms with Gasteiger partial charge in [0.1, 0.15) is 23.7 Å². The molecule has 2 rings (SSSR count). The predicted octanol–water partition coefficient (Wildman–Crippen LogP) is 2.76. The van der Waals surface area contributed by atoms with Gasteiger partial charge in [0.2, 0.25) is 17.7 Å². The maximum Gasteiger partial charge on any atom is 0.408 e. The van der Waals surface area contributed by atoms with Gasteiger partial charge in [0.25, 0.3) is 0 Å². The van der Waals surface area contributed by atoms with Crippen LogP contribution in [0.25, 0.3) is 10.9 Å². The third-order valence-corrected chi connectivity index (χ3v) is 5.72. The Kier molecular flexibility index (Phi) is 10.1. The summed E-state index contributed by atoms with van der Waals surface area (Å²) in [6.45, 7) is 12.6. The van der Waals surface area contributed by atoms with Gasteiger partial charge in [0, 0.05) is 23.5 Å². The Labute approximate surface area is 218 Å². The number of benzene rings is 1. The van der Waals surface area contributed by atoms with E-state index in [0.717, 1.165) is 16.5 Å². The fraction of sp³-hybridized carbons (Fsp3) is 0.556. The number of alkyl carbamates (subject to hydrolysis) is 1. The first-order chi connectivity index (χ1) is 17.2. The summed E-state index contributed by atoms with van der Waals surface area (Å²) in [5, 5.41) is 9.00. The number of primary amides is 1. The lowest BCUT2D eigenvalue weighted by atomic mass is 9.99. The maximum absolute atomic E-state index is 13.5. The van der Waals surface area contributed by atoms with Gasteiger partial charge in [-0.15, -0.1) is 0 Å². The van der Waals surface area contributed by atoms with Crippen LogP contribution in [0.1, 0.15) is 60.5 Å². The average molecular weight is 516 g/mol. The highest BCUT2D eigenvalue weighted by molar-refractivity contribution is 5.94. The van der Waals surface area contributed by atoms with Gasteiger partial charge in [0.05, 0.1) is 0 Å². The second kappa shape index (κ2) is 12.6. The van der Waals surface area contributed by atoms with E-state index in [2.05, 4.69) is 20.9 Å². The molecule has 37 heavy (non-hydrogen) atoms. The zero-order chi connectivity index (χ0) is 27.9. The summed E-state index contributed by atoms with van der Waals surface area (Å²) in [4.78, 5) is 54.2. The number of aromatic nitrogens is 1. The molecule has 0 aliphatic heterocycles. The number of amides is 4. The largest absolute Gasteiger partial charge is 0.444 e. The molecule has 0 bridgehead atoms. The second-order valence-electron chi connectivity index (χ2n) is 11.1. The van der Waals surface area contributed by atoms with Gasteiger partial charge >= 0.3 is 6.09 Å². The minimum atomic E-state index is -1.02. The Bertz CT molecular complexity index is 1100. The molecule has 0 aliphatic carbocycles. The lowest BCUT2D eigenvalue weighted by Crippen LogP contribution is -2.58. The molecule has 0 spiro atoms. The molecule has 0 aliphatic rings. The van der Waals surface area contributed by atoms with E-state index >= 15 is 0 Å². The highest BCUT2D eigenvalue weighted by Crippen LogP contribution is 2.20. The minimum Gasteiger partial charge on any atom is -0.444 e. The van der Waals surface area contributed by atoms with Gasteiger partial charge in [-0.2, -0.15) is 0 Å². The SMILES string of the molecule is CC(C)C[C@H](NC(=O)[C@@H](NC(=O)[C@@H](Cc1c[nH]c2ccccc12)NC(=O)OC(C)(C)C)C(C)C)C(N)=O. The van der Waals surface area contributed by atoms with Gasteiger partial charge in [-0.1, -0.05) is 45.9 Å². The predicted molar refractivity (Wildman–Crippen MR) is 143 cm³/mol. The number of hydrogen-bond donors (Lipinski definition) is 5. The number of fused-ring (bicyclic) bond motifs is 1. The van der Waals surface area contributed by atoms with Crippen molar-refractivity contribution in [3.8, 4) is 0 Å². The van der Waals surface area contributed by atoms with E-state index in [1.807, 2.05) is 38.1 Å². The van der Waals surface area contributed by atoms with Crippen molar-refractivity contribution >= 4 is 34.7 Å². The zero-order valence-electron chi connectivity index (χ0n) is 22.8. The number of carbonyl (C=O) groups excluding carboxylic acids is 4. The summed E-state index contributed by atoms with van der Waals surface area (Å²) in [5.74, 6) is -1.88. The molecule has 1 aromatic carbocycles. The minimum absolute atomic E-state index is 0.128.